The van der Waals surface area contributed by atoms with Gasteiger partial charge in [0.1, 0.15) is 19.3 Å². The SMILES string of the molecule is CCCCCCCCCCCCCCCCCCCCCCCCC(=O)O[C@H](COC(=O)CCCCCCCCCCCCCCCC(C)C)COP(=O)(O)OC[C@@H](O)COP(=O)(O)OC[C@@H](COC(=O)CCCCCCCCCCC)OC(=O)CCCCCCCCCCC(C)CC. The summed E-state index contributed by atoms with van der Waals surface area (Å²) in [5.74, 6) is -0.553. The van der Waals surface area contributed by atoms with Gasteiger partial charge in [-0.25, -0.2) is 9.13 Å². The Morgan fingerprint density at radius 1 is 0.293 bits per heavy atom. The van der Waals surface area contributed by atoms with Crippen molar-refractivity contribution in [2.24, 2.45) is 11.8 Å². The quantitative estimate of drug-likeness (QED) is 0.0222. The largest absolute Gasteiger partial charge is 0.472 e. The predicted molar refractivity (Wildman–Crippen MR) is 405 cm³/mol. The number of phosphoric acid groups is 2. The highest BCUT2D eigenvalue weighted by molar-refractivity contribution is 7.47. The molecule has 0 saturated heterocycles. The number of aliphatic hydroxyl groups is 1. The minimum atomic E-state index is -4.96. The number of carbonyl (C=O) groups is 4. The summed E-state index contributed by atoms with van der Waals surface area (Å²) in [4.78, 5) is 72.9. The minimum absolute atomic E-state index is 0.105. The third kappa shape index (κ3) is 72.8. The van der Waals surface area contributed by atoms with Crippen LogP contribution in [0.25, 0.3) is 0 Å². The lowest BCUT2D eigenvalue weighted by Crippen LogP contribution is -2.30. The highest BCUT2D eigenvalue weighted by atomic mass is 31.2. The molecule has 0 fully saturated rings. The standard InChI is InChI=1S/C80H156O17P2/c1-7-10-12-14-16-18-19-20-21-22-23-24-25-26-27-28-31-35-39-46-52-58-64-79(84)96-75(69-91-78(83)63-57-51-45-38-34-32-29-30-33-37-42-48-54-60-72(4)5)70-94-98(86,87)92-66-74(81)67-93-99(88,89)95-71-76(68-90-77(82)62-56-50-44-36-17-15-13-11-8-2)97-80(85)65-59-53-47-41-40-43-49-55-61-73(6)9-3/h72-76,81H,7-71H2,1-6H3,(H,86,87)(H,88,89)/t73?,74-,75-,76-/m1/s1. The Bertz CT molecular complexity index is 1910. The van der Waals surface area contributed by atoms with Crippen LogP contribution in [-0.2, 0) is 65.4 Å². The smallest absolute Gasteiger partial charge is 0.462 e. The van der Waals surface area contributed by atoms with Gasteiger partial charge < -0.3 is 33.8 Å². The van der Waals surface area contributed by atoms with Crippen LogP contribution in [0.3, 0.4) is 0 Å². The third-order valence-corrected chi connectivity index (χ3v) is 21.0. The molecule has 0 aromatic rings. The molecule has 0 spiro atoms. The molecule has 0 amide bonds. The van der Waals surface area contributed by atoms with E-state index < -0.39 is 97.5 Å². The molecular weight excluding hydrogens is 1290 g/mol. The van der Waals surface area contributed by atoms with E-state index in [9.17, 15) is 43.2 Å². The van der Waals surface area contributed by atoms with E-state index >= 15 is 0 Å². The lowest BCUT2D eigenvalue weighted by molar-refractivity contribution is -0.161. The van der Waals surface area contributed by atoms with Crippen LogP contribution in [0.15, 0.2) is 0 Å². The van der Waals surface area contributed by atoms with Crippen LogP contribution in [0.4, 0.5) is 0 Å². The Hall–Kier alpha value is -1.94. The van der Waals surface area contributed by atoms with Crippen molar-refractivity contribution < 1.29 is 80.2 Å². The van der Waals surface area contributed by atoms with E-state index in [1.807, 2.05) is 0 Å². The molecule has 0 saturated carbocycles. The van der Waals surface area contributed by atoms with Crippen molar-refractivity contribution in [1.82, 2.24) is 0 Å². The van der Waals surface area contributed by atoms with E-state index in [-0.39, 0.29) is 25.7 Å². The fourth-order valence-corrected chi connectivity index (χ4v) is 13.9. The summed E-state index contributed by atoms with van der Waals surface area (Å²) in [6, 6.07) is 0. The number of esters is 4. The summed E-state index contributed by atoms with van der Waals surface area (Å²) in [5, 5.41) is 10.6. The first-order valence-corrected chi connectivity index (χ1v) is 44.5. The molecule has 0 aliphatic rings. The zero-order chi connectivity index (χ0) is 72.8. The lowest BCUT2D eigenvalue weighted by atomic mass is 9.99. The number of carbonyl (C=O) groups excluding carboxylic acids is 4. The molecule has 0 aliphatic carbocycles. The summed E-state index contributed by atoms with van der Waals surface area (Å²) < 4.78 is 68.6. The fourth-order valence-electron chi connectivity index (χ4n) is 12.3. The van der Waals surface area contributed by atoms with Crippen molar-refractivity contribution in [2.75, 3.05) is 39.6 Å². The van der Waals surface area contributed by atoms with E-state index in [1.165, 1.54) is 238 Å². The second-order valence-electron chi connectivity index (χ2n) is 29.5. The molecule has 3 N–H and O–H groups in total. The molecular formula is C80H156O17P2. The van der Waals surface area contributed by atoms with Crippen LogP contribution < -0.4 is 0 Å². The van der Waals surface area contributed by atoms with Crippen molar-refractivity contribution in [3.05, 3.63) is 0 Å². The van der Waals surface area contributed by atoms with E-state index in [2.05, 4.69) is 41.5 Å². The van der Waals surface area contributed by atoms with Gasteiger partial charge in [0.15, 0.2) is 12.2 Å². The normalized spacial score (nSPS) is 14.2. The molecule has 3 unspecified atom stereocenters. The van der Waals surface area contributed by atoms with Gasteiger partial charge in [0.05, 0.1) is 26.4 Å². The van der Waals surface area contributed by atoms with Gasteiger partial charge in [0.25, 0.3) is 0 Å². The number of aliphatic hydroxyl groups excluding tert-OH is 1. The van der Waals surface area contributed by atoms with Crippen LogP contribution in [0.1, 0.15) is 420 Å². The Labute approximate surface area is 607 Å². The molecule has 99 heavy (non-hydrogen) atoms. The van der Waals surface area contributed by atoms with Crippen molar-refractivity contribution in [2.45, 2.75) is 439 Å². The second kappa shape index (κ2) is 71.7. The van der Waals surface area contributed by atoms with E-state index in [1.54, 1.807) is 0 Å². The highest BCUT2D eigenvalue weighted by Gasteiger charge is 2.30. The maximum Gasteiger partial charge on any atom is 0.472 e. The van der Waals surface area contributed by atoms with Gasteiger partial charge in [-0.05, 0) is 37.5 Å². The van der Waals surface area contributed by atoms with Crippen LogP contribution in [0, 0.1) is 11.8 Å². The van der Waals surface area contributed by atoms with E-state index in [4.69, 9.17) is 37.0 Å². The Morgan fingerprint density at radius 2 is 0.515 bits per heavy atom. The Balaban J connectivity index is 5.19. The van der Waals surface area contributed by atoms with E-state index in [0.29, 0.717) is 25.7 Å². The summed E-state index contributed by atoms with van der Waals surface area (Å²) in [6.45, 7) is 9.62. The second-order valence-corrected chi connectivity index (χ2v) is 32.4. The average Bonchev–Trinajstić information content (AvgIpc) is 1.33. The summed E-state index contributed by atoms with van der Waals surface area (Å²) in [5.41, 5.74) is 0. The molecule has 6 atom stereocenters. The molecule has 0 aromatic heterocycles. The molecule has 0 radical (unpaired) electrons. The van der Waals surface area contributed by atoms with Crippen LogP contribution in [0.2, 0.25) is 0 Å². The summed E-state index contributed by atoms with van der Waals surface area (Å²) in [6.07, 6.45) is 61.2. The highest BCUT2D eigenvalue weighted by Crippen LogP contribution is 2.45. The molecule has 0 aliphatic heterocycles. The third-order valence-electron chi connectivity index (χ3n) is 19.1. The van der Waals surface area contributed by atoms with Crippen LogP contribution in [-0.4, -0.2) is 96.7 Å². The van der Waals surface area contributed by atoms with Crippen molar-refractivity contribution in [3.63, 3.8) is 0 Å². The average molecular weight is 1450 g/mol. The van der Waals surface area contributed by atoms with Gasteiger partial charge in [-0.2, -0.15) is 0 Å². The number of phosphoric ester groups is 2. The van der Waals surface area contributed by atoms with Crippen molar-refractivity contribution >= 4 is 39.5 Å². The zero-order valence-corrected chi connectivity index (χ0v) is 66.6. The molecule has 0 heterocycles. The molecule has 0 aromatic carbocycles. The van der Waals surface area contributed by atoms with Gasteiger partial charge in [-0.1, -0.05) is 369 Å². The van der Waals surface area contributed by atoms with Gasteiger partial charge in [-0.15, -0.1) is 0 Å². The monoisotopic (exact) mass is 1450 g/mol. The maximum absolute atomic E-state index is 13.1. The van der Waals surface area contributed by atoms with Crippen LogP contribution >= 0.6 is 15.6 Å². The topological polar surface area (TPSA) is 237 Å². The maximum atomic E-state index is 13.1. The molecule has 19 heteroatoms. The van der Waals surface area contributed by atoms with Crippen LogP contribution in [0.5, 0.6) is 0 Å². The first-order chi connectivity index (χ1) is 47.9. The van der Waals surface area contributed by atoms with Crippen molar-refractivity contribution in [1.29, 1.82) is 0 Å². The van der Waals surface area contributed by atoms with Gasteiger partial charge in [0.2, 0.25) is 0 Å². The number of hydrogen-bond acceptors (Lipinski definition) is 15. The molecule has 0 rings (SSSR count). The Kier molecular flexibility index (Phi) is 70.3. The molecule has 17 nitrogen and oxygen atoms in total. The predicted octanol–water partition coefficient (Wildman–Crippen LogP) is 23.9. The minimum Gasteiger partial charge on any atom is -0.462 e. The number of rotatable bonds is 79. The first kappa shape index (κ1) is 97.1. The van der Waals surface area contributed by atoms with E-state index in [0.717, 1.165) is 102 Å². The number of hydrogen-bond donors (Lipinski definition) is 3. The number of ether oxygens (including phenoxy) is 4. The molecule has 588 valence electrons. The van der Waals surface area contributed by atoms with Gasteiger partial charge >= 0.3 is 39.5 Å². The summed E-state index contributed by atoms with van der Waals surface area (Å²) in [7, 11) is -9.91. The van der Waals surface area contributed by atoms with Crippen molar-refractivity contribution in [3.8, 4) is 0 Å². The number of unbranched alkanes of at least 4 members (excludes halogenated alkanes) is 48. The summed E-state index contributed by atoms with van der Waals surface area (Å²) >= 11 is 0. The first-order valence-electron chi connectivity index (χ1n) is 41.5. The van der Waals surface area contributed by atoms with Gasteiger partial charge in [-0.3, -0.25) is 37.3 Å². The molecule has 0 bridgehead atoms. The fraction of sp³-hybridized carbons (Fsp3) is 0.950. The van der Waals surface area contributed by atoms with Gasteiger partial charge in [0, 0.05) is 25.7 Å². The lowest BCUT2D eigenvalue weighted by Gasteiger charge is -2.21. The zero-order valence-electron chi connectivity index (χ0n) is 64.8. The Morgan fingerprint density at radius 3 is 0.768 bits per heavy atom.